The van der Waals surface area contributed by atoms with Crippen LogP contribution in [0.4, 0.5) is 0 Å². The summed E-state index contributed by atoms with van der Waals surface area (Å²) in [7, 11) is 2.46. The van der Waals surface area contributed by atoms with Crippen molar-refractivity contribution in [2.24, 2.45) is 5.73 Å². The maximum Gasteiger partial charge on any atom is 0.466 e. The number of aliphatic carboxylic acids is 2. The molecule has 13 nitrogen and oxygen atoms in total. The highest BCUT2D eigenvalue weighted by Crippen LogP contribution is 2.25. The molecule has 14 heteroatoms. The summed E-state index contributed by atoms with van der Waals surface area (Å²) in [6.45, 7) is 0.198. The number of carboxylic acids is 2. The quantitative estimate of drug-likeness (QED) is 0.100. The van der Waals surface area contributed by atoms with Crippen molar-refractivity contribution < 1.29 is 48.6 Å². The number of rotatable bonds is 6. The highest BCUT2D eigenvalue weighted by molar-refractivity contribution is 7.45. The lowest BCUT2D eigenvalue weighted by Gasteiger charge is -2.26. The van der Waals surface area contributed by atoms with Crippen molar-refractivity contribution in [3.05, 3.63) is 0 Å². The summed E-state index contributed by atoms with van der Waals surface area (Å²) in [5.74, 6) is -2.43. The maximum atomic E-state index is 10.0. The Labute approximate surface area is 145 Å². The monoisotopic (exact) mass is 390 g/mol. The Bertz CT molecular complexity index is 466. The van der Waals surface area contributed by atoms with Crippen LogP contribution in [0.2, 0.25) is 0 Å². The number of hydrogen-bond donors (Lipinski definition) is 7. The van der Waals surface area contributed by atoms with Crippen molar-refractivity contribution in [2.45, 2.75) is 12.5 Å². The fourth-order valence-corrected chi connectivity index (χ4v) is 1.18. The molecule has 0 radical (unpaired) electrons. The predicted octanol–water partition coefficient (Wildman–Crippen LogP) is -3.84. The van der Waals surface area contributed by atoms with E-state index in [1.54, 1.807) is 0 Å². The molecule has 0 amide bonds. The fraction of sp³-hybridized carbons (Fsp3) is 0.727. The van der Waals surface area contributed by atoms with E-state index in [0.717, 1.165) is 4.90 Å². The molecule has 0 aromatic rings. The minimum Gasteiger partial charge on any atom is -0.550 e. The molecule has 0 aromatic carbocycles. The normalized spacial score (nSPS) is 11.8. The van der Waals surface area contributed by atoms with Crippen LogP contribution >= 0.6 is 7.82 Å². The molecule has 0 fully saturated rings. The second-order valence-corrected chi connectivity index (χ2v) is 6.88. The third-order valence-electron chi connectivity index (χ3n) is 1.94. The van der Waals surface area contributed by atoms with E-state index in [0.29, 0.717) is 11.0 Å². The number of nitrogens with two attached hydrogens (primary N) is 1. The number of guanidine groups is 1. The van der Waals surface area contributed by atoms with Gasteiger partial charge in [-0.2, -0.15) is 0 Å². The summed E-state index contributed by atoms with van der Waals surface area (Å²) in [5.41, 5.74) is 4.93. The van der Waals surface area contributed by atoms with Crippen LogP contribution in [0.1, 0.15) is 6.42 Å². The van der Waals surface area contributed by atoms with E-state index in [4.69, 9.17) is 40.6 Å². The predicted molar refractivity (Wildman–Crippen MR) is 85.0 cm³/mol. The molecule has 150 valence electrons. The summed E-state index contributed by atoms with van der Waals surface area (Å²) in [4.78, 5) is 42.6. The zero-order valence-electron chi connectivity index (χ0n) is 14.5. The first kappa shape index (κ1) is 28.1. The molecular weight excluding hydrogens is 363 g/mol. The number of likely N-dealkylation sites (N-methyl/N-ethyl adjacent to an activating group) is 2. The largest absolute Gasteiger partial charge is 0.550 e. The van der Waals surface area contributed by atoms with E-state index in [1.807, 2.05) is 21.1 Å². The van der Waals surface area contributed by atoms with Crippen molar-refractivity contribution in [2.75, 3.05) is 41.3 Å². The van der Waals surface area contributed by atoms with Crippen LogP contribution in [0.5, 0.6) is 0 Å². The molecular formula is C11H27N4O9P. The van der Waals surface area contributed by atoms with Gasteiger partial charge >= 0.3 is 13.8 Å². The standard InChI is InChI=1S/C7H15NO3.C4H9N3O2.H3O4P/c1-8(2,3)5-6(9)4-7(10)11;1-7(4(5)6)2-3(8)9;1-5(2,3)4/h6,9H,4-5H2,1-3H3;2H2,1H3,(H3,5,6)(H,8,9);(H3,1,2,3,4). The Morgan fingerprint density at radius 1 is 1.28 bits per heavy atom. The summed E-state index contributed by atoms with van der Waals surface area (Å²) < 4.78 is 9.43. The van der Waals surface area contributed by atoms with Crippen LogP contribution in [0.15, 0.2) is 0 Å². The topological polar surface area (TPSA) is 229 Å². The number of hydrogen-bond acceptors (Lipinski definition) is 6. The number of aliphatic hydroxyl groups is 1. The number of nitrogens with zero attached hydrogens (tertiary/aromatic N) is 2. The molecule has 0 aromatic heterocycles. The molecule has 0 aliphatic heterocycles. The summed E-state index contributed by atoms with van der Waals surface area (Å²) in [5, 5.41) is 34.0. The zero-order valence-corrected chi connectivity index (χ0v) is 15.4. The van der Waals surface area contributed by atoms with Crippen molar-refractivity contribution in [3.63, 3.8) is 0 Å². The number of carbonyl (C=O) groups is 2. The number of nitrogens with one attached hydrogen (secondary N) is 1. The Balaban J connectivity index is -0.000000311. The maximum absolute atomic E-state index is 10.0. The molecule has 25 heavy (non-hydrogen) atoms. The van der Waals surface area contributed by atoms with Crippen LogP contribution < -0.4 is 10.8 Å². The lowest BCUT2D eigenvalue weighted by Crippen LogP contribution is -2.43. The summed E-state index contributed by atoms with van der Waals surface area (Å²) in [6.07, 6.45) is -1.09. The van der Waals surface area contributed by atoms with Crippen LogP contribution in [0, 0.1) is 5.41 Å². The first-order valence-electron chi connectivity index (χ1n) is 6.58. The lowest BCUT2D eigenvalue weighted by atomic mass is 10.2. The Hall–Kier alpha value is -1.76. The summed E-state index contributed by atoms with van der Waals surface area (Å²) in [6, 6.07) is 0. The van der Waals surface area contributed by atoms with Gasteiger partial charge in [0.05, 0.1) is 21.1 Å². The van der Waals surface area contributed by atoms with Crippen LogP contribution in [0.3, 0.4) is 0 Å². The lowest BCUT2D eigenvalue weighted by molar-refractivity contribution is -0.873. The molecule has 1 unspecified atom stereocenters. The molecule has 0 heterocycles. The minimum absolute atomic E-state index is 0.227. The fourth-order valence-electron chi connectivity index (χ4n) is 1.18. The SMILES string of the molecule is CN(CC(=O)O)C(=N)N.C[N+](C)(C)CC(O)CC(=O)[O-].O=P(O)(O)O. The van der Waals surface area contributed by atoms with Gasteiger partial charge in [-0.25, -0.2) is 4.57 Å². The Morgan fingerprint density at radius 3 is 1.80 bits per heavy atom. The number of phosphoric acid groups is 1. The van der Waals surface area contributed by atoms with Gasteiger partial charge in [-0.3, -0.25) is 10.2 Å². The van der Waals surface area contributed by atoms with E-state index >= 15 is 0 Å². The van der Waals surface area contributed by atoms with E-state index < -0.39 is 25.9 Å². The summed E-state index contributed by atoms with van der Waals surface area (Å²) >= 11 is 0. The van der Waals surface area contributed by atoms with Gasteiger partial charge in [0.15, 0.2) is 5.96 Å². The van der Waals surface area contributed by atoms with Gasteiger partial charge in [0.25, 0.3) is 0 Å². The van der Waals surface area contributed by atoms with Gasteiger partial charge in [-0.1, -0.05) is 0 Å². The van der Waals surface area contributed by atoms with Crippen LogP contribution in [0.25, 0.3) is 0 Å². The number of carbonyl (C=O) groups excluding carboxylic acids is 1. The van der Waals surface area contributed by atoms with Crippen molar-refractivity contribution >= 4 is 25.7 Å². The van der Waals surface area contributed by atoms with Crippen molar-refractivity contribution in [1.82, 2.24) is 4.90 Å². The molecule has 8 N–H and O–H groups in total. The van der Waals surface area contributed by atoms with Crippen LogP contribution in [-0.4, -0.2) is 99.6 Å². The Kier molecular flexibility index (Phi) is 14.1. The first-order valence-corrected chi connectivity index (χ1v) is 8.15. The van der Waals surface area contributed by atoms with Crippen molar-refractivity contribution in [3.8, 4) is 0 Å². The van der Waals surface area contributed by atoms with Gasteiger partial charge in [0.2, 0.25) is 0 Å². The highest BCUT2D eigenvalue weighted by atomic mass is 31.2. The van der Waals surface area contributed by atoms with Gasteiger partial charge in [0.1, 0.15) is 19.2 Å². The van der Waals surface area contributed by atoms with E-state index in [9.17, 15) is 14.7 Å². The molecule has 0 saturated heterocycles. The molecule has 0 aliphatic carbocycles. The molecule has 0 aliphatic rings. The smallest absolute Gasteiger partial charge is 0.466 e. The minimum atomic E-state index is -4.64. The Morgan fingerprint density at radius 2 is 1.64 bits per heavy atom. The zero-order chi connectivity index (χ0) is 21.0. The van der Waals surface area contributed by atoms with Gasteiger partial charge in [0, 0.05) is 19.4 Å². The number of aliphatic hydroxyl groups excluding tert-OH is 1. The van der Waals surface area contributed by atoms with Gasteiger partial charge in [-0.15, -0.1) is 0 Å². The average Bonchev–Trinajstić information content (AvgIpc) is 2.21. The van der Waals surface area contributed by atoms with E-state index in [1.165, 1.54) is 7.05 Å². The molecule has 1 atom stereocenters. The number of carboxylic acid groups (broad SMARTS) is 2. The number of quaternary nitrogens is 1. The molecule has 0 spiro atoms. The third-order valence-corrected chi connectivity index (χ3v) is 1.94. The molecule has 0 rings (SSSR count). The van der Waals surface area contributed by atoms with E-state index in [2.05, 4.69) is 0 Å². The third kappa shape index (κ3) is 39.2. The second-order valence-electron chi connectivity index (χ2n) is 5.85. The first-order chi connectivity index (χ1) is 10.8. The molecule has 0 saturated carbocycles. The van der Waals surface area contributed by atoms with E-state index in [-0.39, 0.29) is 18.9 Å². The van der Waals surface area contributed by atoms with Crippen molar-refractivity contribution in [1.29, 1.82) is 5.41 Å². The average molecular weight is 390 g/mol. The second kappa shape index (κ2) is 12.6. The van der Waals surface area contributed by atoms with Gasteiger partial charge in [-0.05, 0) is 0 Å². The van der Waals surface area contributed by atoms with Crippen LogP contribution in [-0.2, 0) is 14.2 Å². The molecule has 0 bridgehead atoms. The highest BCUT2D eigenvalue weighted by Gasteiger charge is 2.14. The van der Waals surface area contributed by atoms with Gasteiger partial charge < -0.3 is 49.9 Å².